The summed E-state index contributed by atoms with van der Waals surface area (Å²) in [6, 6.07) is 16.6. The van der Waals surface area contributed by atoms with Crippen molar-refractivity contribution >= 4 is 21.6 Å². The van der Waals surface area contributed by atoms with Gasteiger partial charge in [0.2, 0.25) is 0 Å². The van der Waals surface area contributed by atoms with E-state index >= 15 is 0 Å². The number of pyridine rings is 1. The Kier molecular flexibility index (Phi) is 6.33. The van der Waals surface area contributed by atoms with Gasteiger partial charge in [-0.15, -0.1) is 0 Å². The van der Waals surface area contributed by atoms with Crippen molar-refractivity contribution in [3.8, 4) is 5.75 Å². The minimum atomic E-state index is -4.46. The van der Waals surface area contributed by atoms with E-state index in [0.717, 1.165) is 23.6 Å². The summed E-state index contributed by atoms with van der Waals surface area (Å²) in [6.07, 6.45) is -3.93. The molecule has 0 amide bonds. The molecule has 1 aliphatic rings. The van der Waals surface area contributed by atoms with Crippen LogP contribution in [0.25, 0.3) is 0 Å². The normalized spacial score (nSPS) is 14.3. The van der Waals surface area contributed by atoms with E-state index in [1.807, 2.05) is 47.4 Å². The van der Waals surface area contributed by atoms with Crippen molar-refractivity contribution in [2.24, 2.45) is 0 Å². The molecule has 1 aromatic heterocycles. The lowest BCUT2D eigenvalue weighted by Crippen LogP contribution is -2.32. The standard InChI is InChI=1S/C24H22BrF3N2O2/c1-16(24(26,27)28)32-21-13-20(25)12-19-8-10-30(23(19)21)15-18-7-9-29(22(31)11-18)14-17-5-3-2-4-6-17/h2-7,9,11-13,16H,8,10,14-15H2,1H3. The van der Waals surface area contributed by atoms with E-state index in [1.54, 1.807) is 22.9 Å². The number of hydrogen-bond acceptors (Lipinski definition) is 3. The van der Waals surface area contributed by atoms with Crippen molar-refractivity contribution in [3.63, 3.8) is 0 Å². The Morgan fingerprint density at radius 3 is 2.50 bits per heavy atom. The Labute approximate surface area is 192 Å². The second kappa shape index (κ2) is 9.02. The molecule has 2 heterocycles. The third-order valence-electron chi connectivity index (χ3n) is 5.48. The van der Waals surface area contributed by atoms with E-state index < -0.39 is 12.3 Å². The Balaban J connectivity index is 1.56. The fourth-order valence-electron chi connectivity index (χ4n) is 3.83. The summed E-state index contributed by atoms with van der Waals surface area (Å²) < 4.78 is 46.9. The first kappa shape index (κ1) is 22.5. The number of anilines is 1. The Morgan fingerprint density at radius 1 is 1.06 bits per heavy atom. The van der Waals surface area contributed by atoms with Gasteiger partial charge in [-0.3, -0.25) is 4.79 Å². The van der Waals surface area contributed by atoms with Crippen molar-refractivity contribution in [1.82, 2.24) is 4.57 Å². The lowest BCUT2D eigenvalue weighted by Gasteiger charge is -2.25. The highest BCUT2D eigenvalue weighted by molar-refractivity contribution is 9.10. The van der Waals surface area contributed by atoms with Crippen LogP contribution in [0.3, 0.4) is 0 Å². The van der Waals surface area contributed by atoms with E-state index in [1.165, 1.54) is 0 Å². The average Bonchev–Trinajstić information content (AvgIpc) is 3.12. The van der Waals surface area contributed by atoms with Crippen LogP contribution < -0.4 is 15.2 Å². The summed E-state index contributed by atoms with van der Waals surface area (Å²) in [4.78, 5) is 14.6. The maximum absolute atomic E-state index is 13.1. The van der Waals surface area contributed by atoms with Gasteiger partial charge in [0, 0.05) is 29.8 Å². The lowest BCUT2D eigenvalue weighted by atomic mass is 10.1. The van der Waals surface area contributed by atoms with E-state index in [9.17, 15) is 18.0 Å². The van der Waals surface area contributed by atoms with Crippen molar-refractivity contribution < 1.29 is 17.9 Å². The monoisotopic (exact) mass is 506 g/mol. The number of fused-ring (bicyclic) bond motifs is 1. The van der Waals surface area contributed by atoms with E-state index in [2.05, 4.69) is 15.9 Å². The molecule has 168 valence electrons. The van der Waals surface area contributed by atoms with Gasteiger partial charge in [-0.25, -0.2) is 0 Å². The minimum Gasteiger partial charge on any atom is -0.479 e. The fourth-order valence-corrected chi connectivity index (χ4v) is 4.31. The smallest absolute Gasteiger partial charge is 0.425 e. The van der Waals surface area contributed by atoms with Gasteiger partial charge < -0.3 is 14.2 Å². The second-order valence-corrected chi connectivity index (χ2v) is 8.79. The molecule has 0 saturated heterocycles. The van der Waals surface area contributed by atoms with Crippen molar-refractivity contribution in [3.05, 3.63) is 92.3 Å². The number of halogens is 4. The third-order valence-corrected chi connectivity index (χ3v) is 5.94. The molecule has 3 aromatic rings. The third kappa shape index (κ3) is 5.01. The Hall–Kier alpha value is -2.74. The number of alkyl halides is 3. The lowest BCUT2D eigenvalue weighted by molar-refractivity contribution is -0.189. The van der Waals surface area contributed by atoms with Crippen molar-refractivity contribution in [2.75, 3.05) is 11.4 Å². The Bertz CT molecular complexity index is 1160. The topological polar surface area (TPSA) is 34.5 Å². The zero-order chi connectivity index (χ0) is 22.9. The van der Waals surface area contributed by atoms with Gasteiger partial charge >= 0.3 is 6.18 Å². The van der Waals surface area contributed by atoms with Crippen LogP contribution in [0.15, 0.2) is 70.1 Å². The molecule has 1 unspecified atom stereocenters. The zero-order valence-electron chi connectivity index (χ0n) is 17.4. The maximum atomic E-state index is 13.1. The zero-order valence-corrected chi connectivity index (χ0v) is 19.0. The van der Waals surface area contributed by atoms with E-state index in [0.29, 0.717) is 36.2 Å². The SMILES string of the molecule is CC(Oc1cc(Br)cc2c1N(Cc1ccn(Cc3ccccc3)c(=O)c1)CC2)C(F)(F)F. The molecule has 4 rings (SSSR count). The Morgan fingerprint density at radius 2 is 1.81 bits per heavy atom. The summed E-state index contributed by atoms with van der Waals surface area (Å²) in [5.41, 5.74) is 3.27. The number of hydrogen-bond donors (Lipinski definition) is 0. The summed E-state index contributed by atoms with van der Waals surface area (Å²) in [5.74, 6) is 0.189. The highest BCUT2D eigenvalue weighted by Crippen LogP contribution is 2.42. The molecule has 0 saturated carbocycles. The van der Waals surface area contributed by atoms with Gasteiger partial charge in [0.05, 0.1) is 12.2 Å². The van der Waals surface area contributed by atoms with Crippen LogP contribution >= 0.6 is 15.9 Å². The highest BCUT2D eigenvalue weighted by atomic mass is 79.9. The van der Waals surface area contributed by atoms with Gasteiger partial charge in [0.15, 0.2) is 6.10 Å². The summed E-state index contributed by atoms with van der Waals surface area (Å²) in [5, 5.41) is 0. The molecule has 0 N–H and O–H groups in total. The maximum Gasteiger partial charge on any atom is 0.425 e. The summed E-state index contributed by atoms with van der Waals surface area (Å²) in [6.45, 7) is 2.52. The van der Waals surface area contributed by atoms with Crippen LogP contribution in [0.2, 0.25) is 0 Å². The fraction of sp³-hybridized carbons (Fsp3) is 0.292. The van der Waals surface area contributed by atoms with Crippen LogP contribution in [-0.2, 0) is 19.5 Å². The predicted octanol–water partition coefficient (Wildman–Crippen LogP) is 5.55. The first-order valence-corrected chi connectivity index (χ1v) is 11.0. The van der Waals surface area contributed by atoms with Crippen LogP contribution in [-0.4, -0.2) is 23.4 Å². The summed E-state index contributed by atoms with van der Waals surface area (Å²) in [7, 11) is 0. The van der Waals surface area contributed by atoms with Gasteiger partial charge in [0.25, 0.3) is 5.56 Å². The quantitative estimate of drug-likeness (QED) is 0.439. The highest BCUT2D eigenvalue weighted by Gasteiger charge is 2.39. The van der Waals surface area contributed by atoms with Gasteiger partial charge in [-0.05, 0) is 48.2 Å². The van der Waals surface area contributed by atoms with E-state index in [4.69, 9.17) is 4.74 Å². The van der Waals surface area contributed by atoms with Crippen LogP contribution in [0.1, 0.15) is 23.6 Å². The molecular formula is C24H22BrF3N2O2. The molecule has 2 aromatic carbocycles. The van der Waals surface area contributed by atoms with Crippen molar-refractivity contribution in [1.29, 1.82) is 0 Å². The van der Waals surface area contributed by atoms with Gasteiger partial charge in [-0.2, -0.15) is 13.2 Å². The van der Waals surface area contributed by atoms with Gasteiger partial charge in [-0.1, -0.05) is 46.3 Å². The molecule has 0 radical (unpaired) electrons. The molecule has 1 aliphatic heterocycles. The van der Waals surface area contributed by atoms with Crippen LogP contribution in [0, 0.1) is 0 Å². The van der Waals surface area contributed by atoms with E-state index in [-0.39, 0.29) is 11.3 Å². The number of rotatable bonds is 6. The number of benzene rings is 2. The molecule has 0 bridgehead atoms. The first-order chi connectivity index (χ1) is 15.2. The number of ether oxygens (including phenoxy) is 1. The number of nitrogens with zero attached hydrogens (tertiary/aromatic N) is 2. The molecule has 0 fully saturated rings. The van der Waals surface area contributed by atoms with Crippen LogP contribution in [0.4, 0.5) is 18.9 Å². The van der Waals surface area contributed by atoms with Crippen molar-refractivity contribution in [2.45, 2.75) is 38.7 Å². The first-order valence-electron chi connectivity index (χ1n) is 10.2. The number of aromatic nitrogens is 1. The molecule has 1 atom stereocenters. The van der Waals surface area contributed by atoms with Gasteiger partial charge in [0.1, 0.15) is 5.75 Å². The molecular weight excluding hydrogens is 485 g/mol. The molecule has 32 heavy (non-hydrogen) atoms. The molecule has 0 aliphatic carbocycles. The molecule has 0 spiro atoms. The predicted molar refractivity (Wildman–Crippen MR) is 121 cm³/mol. The second-order valence-electron chi connectivity index (χ2n) is 7.87. The molecule has 4 nitrogen and oxygen atoms in total. The minimum absolute atomic E-state index is 0.122. The average molecular weight is 507 g/mol. The molecule has 8 heteroatoms. The van der Waals surface area contributed by atoms with Crippen LogP contribution in [0.5, 0.6) is 5.75 Å². The largest absolute Gasteiger partial charge is 0.479 e. The summed E-state index contributed by atoms with van der Waals surface area (Å²) >= 11 is 3.36.